The summed E-state index contributed by atoms with van der Waals surface area (Å²) in [5.41, 5.74) is 1.20. The maximum Gasteiger partial charge on any atom is 0.258 e. The molecule has 0 spiro atoms. The smallest absolute Gasteiger partial charge is 0.258 e. The van der Waals surface area contributed by atoms with Crippen LogP contribution in [0.4, 0.5) is 0 Å². The summed E-state index contributed by atoms with van der Waals surface area (Å²) in [7, 11) is 3.43. The fraction of sp³-hybridized carbons (Fsp3) is 0.357. The number of ether oxygens (including phenoxy) is 1. The maximum atomic E-state index is 12.0. The van der Waals surface area contributed by atoms with Crippen molar-refractivity contribution < 1.29 is 4.74 Å². The molecule has 0 radical (unpaired) electrons. The first-order valence-corrected chi connectivity index (χ1v) is 5.72. The van der Waals surface area contributed by atoms with E-state index in [0.29, 0.717) is 5.92 Å². The van der Waals surface area contributed by atoms with Gasteiger partial charge in [0.15, 0.2) is 0 Å². The number of pyridine rings is 1. The van der Waals surface area contributed by atoms with Crippen molar-refractivity contribution in [3.8, 4) is 5.75 Å². The molecular formula is C14H17NO2. The minimum atomic E-state index is 0.0343. The van der Waals surface area contributed by atoms with Gasteiger partial charge in [-0.2, -0.15) is 0 Å². The van der Waals surface area contributed by atoms with Crippen LogP contribution in [-0.2, 0) is 7.05 Å². The molecule has 1 aromatic carbocycles. The molecule has 0 saturated heterocycles. The van der Waals surface area contributed by atoms with Crippen molar-refractivity contribution in [3.05, 3.63) is 40.3 Å². The van der Waals surface area contributed by atoms with E-state index in [1.54, 1.807) is 18.7 Å². The lowest BCUT2D eigenvalue weighted by atomic mass is 9.98. The maximum absolute atomic E-state index is 12.0. The fourth-order valence-electron chi connectivity index (χ4n) is 2.06. The van der Waals surface area contributed by atoms with E-state index in [9.17, 15) is 4.79 Å². The van der Waals surface area contributed by atoms with E-state index in [2.05, 4.69) is 13.8 Å². The van der Waals surface area contributed by atoms with E-state index in [0.717, 1.165) is 16.5 Å². The second-order valence-corrected chi connectivity index (χ2v) is 4.57. The Bertz CT molecular complexity index is 611. The van der Waals surface area contributed by atoms with Crippen LogP contribution in [0.1, 0.15) is 25.3 Å². The van der Waals surface area contributed by atoms with Gasteiger partial charge in [-0.25, -0.2) is 0 Å². The largest absolute Gasteiger partial charge is 0.497 e. The Kier molecular flexibility index (Phi) is 2.92. The van der Waals surface area contributed by atoms with Gasteiger partial charge in [-0.05, 0) is 35.1 Å². The van der Waals surface area contributed by atoms with Crippen molar-refractivity contribution in [1.29, 1.82) is 0 Å². The van der Waals surface area contributed by atoms with E-state index in [4.69, 9.17) is 4.74 Å². The van der Waals surface area contributed by atoms with Crippen LogP contribution in [0.15, 0.2) is 29.2 Å². The van der Waals surface area contributed by atoms with Crippen LogP contribution in [0.3, 0.4) is 0 Å². The molecule has 1 aromatic heterocycles. The molecule has 0 aliphatic rings. The Hall–Kier alpha value is -1.77. The average Bonchev–Trinajstić information content (AvgIpc) is 2.32. The zero-order valence-corrected chi connectivity index (χ0v) is 10.7. The van der Waals surface area contributed by atoms with Crippen LogP contribution in [-0.4, -0.2) is 11.7 Å². The number of benzene rings is 1. The molecule has 3 nitrogen and oxygen atoms in total. The molecule has 0 aliphatic carbocycles. The van der Waals surface area contributed by atoms with Crippen LogP contribution in [0.5, 0.6) is 5.75 Å². The predicted molar refractivity (Wildman–Crippen MR) is 69.8 cm³/mol. The van der Waals surface area contributed by atoms with Crippen LogP contribution in [0, 0.1) is 0 Å². The van der Waals surface area contributed by atoms with E-state index in [-0.39, 0.29) is 5.56 Å². The SMILES string of the molecule is COc1ccc2c(=O)n(C)cc(C(C)C)c2c1. The number of fused-ring (bicyclic) bond motifs is 1. The summed E-state index contributed by atoms with van der Waals surface area (Å²) in [5, 5.41) is 1.74. The highest BCUT2D eigenvalue weighted by Crippen LogP contribution is 2.26. The summed E-state index contributed by atoms with van der Waals surface area (Å²) in [6.07, 6.45) is 1.91. The summed E-state index contributed by atoms with van der Waals surface area (Å²) in [5.74, 6) is 1.16. The first kappa shape index (κ1) is 11.7. The van der Waals surface area contributed by atoms with Crippen molar-refractivity contribution >= 4 is 10.8 Å². The van der Waals surface area contributed by atoms with Crippen molar-refractivity contribution in [2.75, 3.05) is 7.11 Å². The zero-order valence-electron chi connectivity index (χ0n) is 10.7. The lowest BCUT2D eigenvalue weighted by molar-refractivity contribution is 0.415. The fourth-order valence-corrected chi connectivity index (χ4v) is 2.06. The van der Waals surface area contributed by atoms with Crippen molar-refractivity contribution in [3.63, 3.8) is 0 Å². The summed E-state index contributed by atoms with van der Waals surface area (Å²) >= 11 is 0. The monoisotopic (exact) mass is 231 g/mol. The minimum absolute atomic E-state index is 0.0343. The Morgan fingerprint density at radius 1 is 1.24 bits per heavy atom. The Morgan fingerprint density at radius 2 is 1.94 bits per heavy atom. The Labute approximate surface area is 101 Å². The molecule has 0 N–H and O–H groups in total. The standard InChI is InChI=1S/C14H17NO2/c1-9(2)13-8-15(3)14(16)11-6-5-10(17-4)7-12(11)13/h5-9H,1-4H3. The summed E-state index contributed by atoms with van der Waals surface area (Å²) in [4.78, 5) is 12.0. The number of rotatable bonds is 2. The molecule has 90 valence electrons. The first-order chi connectivity index (χ1) is 8.04. The third-order valence-electron chi connectivity index (χ3n) is 3.04. The predicted octanol–water partition coefficient (Wildman–Crippen LogP) is 2.67. The van der Waals surface area contributed by atoms with Gasteiger partial charge in [0, 0.05) is 18.6 Å². The summed E-state index contributed by atoms with van der Waals surface area (Å²) < 4.78 is 6.86. The number of hydrogen-bond donors (Lipinski definition) is 0. The summed E-state index contributed by atoms with van der Waals surface area (Å²) in [6, 6.07) is 5.60. The number of hydrogen-bond acceptors (Lipinski definition) is 2. The molecule has 17 heavy (non-hydrogen) atoms. The van der Waals surface area contributed by atoms with Gasteiger partial charge >= 0.3 is 0 Å². The van der Waals surface area contributed by atoms with Gasteiger partial charge in [0.05, 0.1) is 7.11 Å². The normalized spacial score (nSPS) is 11.1. The second kappa shape index (κ2) is 4.24. The van der Waals surface area contributed by atoms with Crippen LogP contribution in [0.25, 0.3) is 10.8 Å². The van der Waals surface area contributed by atoms with Gasteiger partial charge < -0.3 is 9.30 Å². The van der Waals surface area contributed by atoms with Gasteiger partial charge in [-0.1, -0.05) is 13.8 Å². The molecule has 2 aromatic rings. The van der Waals surface area contributed by atoms with E-state index in [1.807, 2.05) is 24.4 Å². The number of nitrogens with zero attached hydrogens (tertiary/aromatic N) is 1. The molecule has 2 rings (SSSR count). The lowest BCUT2D eigenvalue weighted by Gasteiger charge is -2.13. The molecule has 0 fully saturated rings. The highest BCUT2D eigenvalue weighted by Gasteiger charge is 2.10. The van der Waals surface area contributed by atoms with Crippen LogP contribution < -0.4 is 10.3 Å². The molecule has 0 amide bonds. The summed E-state index contributed by atoms with van der Waals surface area (Å²) in [6.45, 7) is 4.25. The second-order valence-electron chi connectivity index (χ2n) is 4.57. The molecule has 0 unspecified atom stereocenters. The van der Waals surface area contributed by atoms with Gasteiger partial charge in [-0.3, -0.25) is 4.79 Å². The number of aromatic nitrogens is 1. The zero-order chi connectivity index (χ0) is 12.6. The lowest BCUT2D eigenvalue weighted by Crippen LogP contribution is -2.17. The number of methoxy groups -OCH3 is 1. The highest BCUT2D eigenvalue weighted by molar-refractivity contribution is 5.86. The van der Waals surface area contributed by atoms with E-state index < -0.39 is 0 Å². The molecule has 1 heterocycles. The van der Waals surface area contributed by atoms with Gasteiger partial charge in [0.2, 0.25) is 0 Å². The number of aryl methyl sites for hydroxylation is 1. The topological polar surface area (TPSA) is 31.2 Å². The first-order valence-electron chi connectivity index (χ1n) is 5.72. The quantitative estimate of drug-likeness (QED) is 0.795. The molecule has 0 atom stereocenters. The van der Waals surface area contributed by atoms with Gasteiger partial charge in [0.25, 0.3) is 5.56 Å². The molecular weight excluding hydrogens is 214 g/mol. The van der Waals surface area contributed by atoms with Crippen molar-refractivity contribution in [1.82, 2.24) is 4.57 Å². The van der Waals surface area contributed by atoms with E-state index >= 15 is 0 Å². The van der Waals surface area contributed by atoms with Gasteiger partial charge in [0.1, 0.15) is 5.75 Å². The van der Waals surface area contributed by atoms with Gasteiger partial charge in [-0.15, -0.1) is 0 Å². The van der Waals surface area contributed by atoms with Crippen LogP contribution in [0.2, 0.25) is 0 Å². The molecule has 3 heteroatoms. The van der Waals surface area contributed by atoms with E-state index in [1.165, 1.54) is 5.56 Å². The van der Waals surface area contributed by atoms with Crippen LogP contribution >= 0.6 is 0 Å². The third kappa shape index (κ3) is 1.93. The molecule has 0 aliphatic heterocycles. The Morgan fingerprint density at radius 3 is 2.53 bits per heavy atom. The van der Waals surface area contributed by atoms with Crippen molar-refractivity contribution in [2.45, 2.75) is 19.8 Å². The minimum Gasteiger partial charge on any atom is -0.497 e. The third-order valence-corrected chi connectivity index (χ3v) is 3.04. The highest BCUT2D eigenvalue weighted by atomic mass is 16.5. The Balaban J connectivity index is 2.89. The molecule has 0 saturated carbocycles. The average molecular weight is 231 g/mol. The van der Waals surface area contributed by atoms with Crippen molar-refractivity contribution in [2.24, 2.45) is 7.05 Å². The molecule has 0 bridgehead atoms.